The van der Waals surface area contributed by atoms with Gasteiger partial charge in [0.2, 0.25) is 10.0 Å². The van der Waals surface area contributed by atoms with Gasteiger partial charge in [0.25, 0.3) is 0 Å². The van der Waals surface area contributed by atoms with E-state index in [0.29, 0.717) is 24.4 Å². The van der Waals surface area contributed by atoms with Crippen LogP contribution in [0.5, 0.6) is 0 Å². The van der Waals surface area contributed by atoms with E-state index in [1.165, 1.54) is 0 Å². The lowest BCUT2D eigenvalue weighted by Gasteiger charge is -2.18. The lowest BCUT2D eigenvalue weighted by atomic mass is 10.0. The number of pyridine rings is 1. The Morgan fingerprint density at radius 1 is 0.846 bits per heavy atom. The molecule has 5 aromatic rings. The molecule has 0 saturated heterocycles. The highest BCUT2D eigenvalue weighted by atomic mass is 32.2. The maximum Gasteiger partial charge on any atom is 0.241 e. The van der Waals surface area contributed by atoms with Crippen molar-refractivity contribution < 1.29 is 8.42 Å². The Labute approximate surface area is 230 Å². The fourth-order valence-corrected chi connectivity index (χ4v) is 5.75. The van der Waals surface area contributed by atoms with Crippen LogP contribution in [0.2, 0.25) is 0 Å². The van der Waals surface area contributed by atoms with Crippen LogP contribution in [-0.2, 0) is 15.6 Å². The minimum Gasteiger partial charge on any atom is -0.370 e. The number of nitrogens with one attached hydrogen (secondary N) is 2. The first-order valence-corrected chi connectivity index (χ1v) is 14.5. The Kier molecular flexibility index (Phi) is 7.50. The first-order valence-electron chi connectivity index (χ1n) is 13.1. The van der Waals surface area contributed by atoms with Gasteiger partial charge >= 0.3 is 0 Å². The summed E-state index contributed by atoms with van der Waals surface area (Å²) in [7, 11) is -3.62. The third-order valence-electron chi connectivity index (χ3n) is 6.51. The number of hydrogen-bond acceptors (Lipinski definition) is 5. The molecule has 39 heavy (non-hydrogen) atoms. The van der Waals surface area contributed by atoms with Crippen molar-refractivity contribution in [3.8, 4) is 22.4 Å². The topological polar surface area (TPSA) is 88.9 Å². The second-order valence-corrected chi connectivity index (χ2v) is 12.2. The molecule has 2 heterocycles. The maximum atomic E-state index is 13.0. The van der Waals surface area contributed by atoms with E-state index in [1.807, 2.05) is 65.3 Å². The highest BCUT2D eigenvalue weighted by Gasteiger charge is 2.20. The van der Waals surface area contributed by atoms with E-state index in [9.17, 15) is 8.42 Å². The molecule has 0 spiro atoms. The van der Waals surface area contributed by atoms with Gasteiger partial charge in [-0.25, -0.2) is 18.1 Å². The molecular weight excluding hydrogens is 506 g/mol. The summed E-state index contributed by atoms with van der Waals surface area (Å²) in [5.74, 6) is 0.729. The van der Waals surface area contributed by atoms with Crippen LogP contribution in [0.4, 0.5) is 5.82 Å². The molecule has 2 aromatic heterocycles. The van der Waals surface area contributed by atoms with Crippen molar-refractivity contribution in [1.82, 2.24) is 19.5 Å². The van der Waals surface area contributed by atoms with Crippen molar-refractivity contribution in [2.45, 2.75) is 37.6 Å². The van der Waals surface area contributed by atoms with Gasteiger partial charge in [-0.2, -0.15) is 5.10 Å². The van der Waals surface area contributed by atoms with E-state index in [0.717, 1.165) is 39.0 Å². The second-order valence-electron chi connectivity index (χ2n) is 10.5. The van der Waals surface area contributed by atoms with Gasteiger partial charge in [0.1, 0.15) is 11.5 Å². The van der Waals surface area contributed by atoms with Crippen LogP contribution >= 0.6 is 0 Å². The minimum absolute atomic E-state index is 0.157. The molecule has 2 N–H and O–H groups in total. The molecule has 0 atom stereocenters. The highest BCUT2D eigenvalue weighted by molar-refractivity contribution is 7.89. The molecule has 0 fully saturated rings. The zero-order valence-electron chi connectivity index (χ0n) is 22.4. The Morgan fingerprint density at radius 2 is 1.59 bits per heavy atom. The van der Waals surface area contributed by atoms with Gasteiger partial charge in [-0.3, -0.25) is 4.68 Å². The number of sulfonamides is 1. The molecule has 200 valence electrons. The molecule has 0 amide bonds. The molecule has 7 nitrogen and oxygen atoms in total. The van der Waals surface area contributed by atoms with Crippen molar-refractivity contribution in [1.29, 1.82) is 0 Å². The standard InChI is InChI=1S/C31H33N5O2S/c1-31(2,3)36-22-27(30(35-36)24-12-5-4-6-13-24)25-17-20-33-29(21-25)32-18-10-19-34-39(37,38)28-16-9-14-23-11-7-8-15-26(23)28/h4-9,11-17,20-22,34H,10,18-19H2,1-3H3,(H,32,33). The summed E-state index contributed by atoms with van der Waals surface area (Å²) < 4.78 is 30.6. The summed E-state index contributed by atoms with van der Waals surface area (Å²) >= 11 is 0. The fraction of sp³-hybridized carbons (Fsp3) is 0.226. The largest absolute Gasteiger partial charge is 0.370 e. The fourth-order valence-electron chi connectivity index (χ4n) is 4.45. The Bertz CT molecular complexity index is 1680. The van der Waals surface area contributed by atoms with Crippen molar-refractivity contribution in [3.05, 3.63) is 97.3 Å². The maximum absolute atomic E-state index is 13.0. The van der Waals surface area contributed by atoms with Gasteiger partial charge in [-0.05, 0) is 56.3 Å². The summed E-state index contributed by atoms with van der Waals surface area (Å²) in [6.07, 6.45) is 4.47. The first-order chi connectivity index (χ1) is 18.7. The van der Waals surface area contributed by atoms with Gasteiger partial charge in [-0.1, -0.05) is 66.7 Å². The smallest absolute Gasteiger partial charge is 0.241 e. The van der Waals surface area contributed by atoms with Crippen molar-refractivity contribution in [2.75, 3.05) is 18.4 Å². The van der Waals surface area contributed by atoms with Crippen molar-refractivity contribution >= 4 is 26.6 Å². The average Bonchev–Trinajstić information content (AvgIpc) is 3.40. The molecule has 0 unspecified atom stereocenters. The summed E-state index contributed by atoms with van der Waals surface area (Å²) in [6.45, 7) is 7.28. The number of benzene rings is 3. The molecule has 0 radical (unpaired) electrons. The molecule has 8 heteroatoms. The molecule has 0 aliphatic heterocycles. The van der Waals surface area contributed by atoms with Crippen LogP contribution in [0.25, 0.3) is 33.2 Å². The predicted molar refractivity (Wildman–Crippen MR) is 158 cm³/mol. The van der Waals surface area contributed by atoms with Crippen LogP contribution in [0, 0.1) is 0 Å². The monoisotopic (exact) mass is 539 g/mol. The van der Waals surface area contributed by atoms with Crippen molar-refractivity contribution in [2.24, 2.45) is 0 Å². The predicted octanol–water partition coefficient (Wildman–Crippen LogP) is 6.30. The first kappa shape index (κ1) is 26.6. The highest BCUT2D eigenvalue weighted by Crippen LogP contribution is 2.33. The number of hydrogen-bond donors (Lipinski definition) is 2. The zero-order chi connectivity index (χ0) is 27.5. The number of anilines is 1. The van der Waals surface area contributed by atoms with Gasteiger partial charge in [0.05, 0.1) is 10.4 Å². The van der Waals surface area contributed by atoms with Gasteiger partial charge in [0.15, 0.2) is 0 Å². The van der Waals surface area contributed by atoms with Crippen LogP contribution in [0.1, 0.15) is 27.2 Å². The molecule has 0 bridgehead atoms. The Morgan fingerprint density at radius 3 is 2.38 bits per heavy atom. The lowest BCUT2D eigenvalue weighted by Crippen LogP contribution is -2.26. The number of aromatic nitrogens is 3. The van der Waals surface area contributed by atoms with E-state index in [4.69, 9.17) is 5.10 Å². The number of nitrogens with zero attached hydrogens (tertiary/aromatic N) is 3. The third kappa shape index (κ3) is 6.02. The van der Waals surface area contributed by atoms with Gasteiger partial charge in [-0.15, -0.1) is 0 Å². The zero-order valence-corrected chi connectivity index (χ0v) is 23.2. The Balaban J connectivity index is 1.26. The second kappa shape index (κ2) is 11.0. The van der Waals surface area contributed by atoms with E-state index in [2.05, 4.69) is 54.1 Å². The van der Waals surface area contributed by atoms with E-state index in [-0.39, 0.29) is 5.54 Å². The van der Waals surface area contributed by atoms with Crippen LogP contribution in [-0.4, -0.2) is 36.3 Å². The molecule has 0 aliphatic rings. The van der Waals surface area contributed by atoms with Crippen LogP contribution in [0.3, 0.4) is 0 Å². The summed E-state index contributed by atoms with van der Waals surface area (Å²) in [6, 6.07) is 27.0. The van der Waals surface area contributed by atoms with E-state index in [1.54, 1.807) is 18.3 Å². The molecule has 0 aliphatic carbocycles. The quantitative estimate of drug-likeness (QED) is 0.215. The number of rotatable bonds is 9. The Hall–Kier alpha value is -4.01. The van der Waals surface area contributed by atoms with Crippen LogP contribution in [0.15, 0.2) is 102 Å². The SMILES string of the molecule is CC(C)(C)n1cc(-c2ccnc(NCCCNS(=O)(=O)c3cccc4ccccc34)c2)c(-c2ccccc2)n1. The van der Waals surface area contributed by atoms with E-state index < -0.39 is 10.0 Å². The summed E-state index contributed by atoms with van der Waals surface area (Å²) in [5, 5.41) is 9.87. The van der Waals surface area contributed by atoms with Crippen LogP contribution < -0.4 is 10.0 Å². The minimum atomic E-state index is -3.62. The van der Waals surface area contributed by atoms with Crippen molar-refractivity contribution in [3.63, 3.8) is 0 Å². The summed E-state index contributed by atoms with van der Waals surface area (Å²) in [5.41, 5.74) is 3.86. The summed E-state index contributed by atoms with van der Waals surface area (Å²) in [4.78, 5) is 4.77. The van der Waals surface area contributed by atoms with Gasteiger partial charge in [0, 0.05) is 42.0 Å². The third-order valence-corrected chi connectivity index (χ3v) is 8.03. The molecule has 3 aromatic carbocycles. The average molecular weight is 540 g/mol. The number of fused-ring (bicyclic) bond motifs is 1. The molecular formula is C31H33N5O2S. The van der Waals surface area contributed by atoms with Gasteiger partial charge < -0.3 is 5.32 Å². The molecule has 5 rings (SSSR count). The lowest BCUT2D eigenvalue weighted by molar-refractivity contribution is 0.356. The normalized spacial score (nSPS) is 12.1. The van der Waals surface area contributed by atoms with E-state index >= 15 is 0 Å². The molecule has 0 saturated carbocycles.